The molecule has 0 aromatic rings. The summed E-state index contributed by atoms with van der Waals surface area (Å²) in [6.07, 6.45) is 5.06. The Morgan fingerprint density at radius 2 is 1.60 bits per heavy atom. The Bertz CT molecular complexity index is 269. The van der Waals surface area contributed by atoms with Crippen LogP contribution in [0.2, 0.25) is 0 Å². The molecule has 1 aliphatic heterocycles. The average Bonchev–Trinajstić information content (AvgIpc) is 3.02. The molecule has 1 saturated heterocycles. The molecular weight excluding hydrogens is 194 g/mol. The number of hydrogen-bond acceptors (Lipinski definition) is 2. The van der Waals surface area contributed by atoms with Gasteiger partial charge in [-0.3, -0.25) is 9.59 Å². The third-order valence-electron chi connectivity index (χ3n) is 3.34. The van der Waals surface area contributed by atoms with Crippen LogP contribution in [-0.2, 0) is 9.59 Å². The van der Waals surface area contributed by atoms with E-state index in [0.29, 0.717) is 6.42 Å². The predicted molar refractivity (Wildman–Crippen MR) is 54.3 cm³/mol. The minimum absolute atomic E-state index is 0.0734. The van der Waals surface area contributed by atoms with Gasteiger partial charge in [0.1, 0.15) is 0 Å². The summed E-state index contributed by atoms with van der Waals surface area (Å²) in [6, 6.07) is 0. The first-order valence-electron chi connectivity index (χ1n) is 5.72. The number of carboxylic acids is 1. The van der Waals surface area contributed by atoms with Gasteiger partial charge in [0, 0.05) is 13.1 Å². The summed E-state index contributed by atoms with van der Waals surface area (Å²) in [4.78, 5) is 24.4. The number of rotatable bonds is 2. The Hall–Kier alpha value is -1.06. The molecule has 1 amide bonds. The predicted octanol–water partition coefficient (Wildman–Crippen LogP) is 1.11. The van der Waals surface area contributed by atoms with E-state index < -0.39 is 11.9 Å². The largest absolute Gasteiger partial charge is 0.481 e. The van der Waals surface area contributed by atoms with Gasteiger partial charge in [0.2, 0.25) is 5.91 Å². The van der Waals surface area contributed by atoms with Crippen molar-refractivity contribution in [3.63, 3.8) is 0 Å². The zero-order valence-electron chi connectivity index (χ0n) is 8.82. The SMILES string of the molecule is O=C(O)[C@H]1C[C@H]1C(=O)N1CCCCCC1. The Labute approximate surface area is 89.3 Å². The first-order chi connectivity index (χ1) is 7.20. The van der Waals surface area contributed by atoms with Gasteiger partial charge in [-0.25, -0.2) is 0 Å². The molecule has 15 heavy (non-hydrogen) atoms. The molecule has 4 heteroatoms. The zero-order valence-corrected chi connectivity index (χ0v) is 8.82. The molecule has 1 saturated carbocycles. The van der Waals surface area contributed by atoms with Crippen molar-refractivity contribution in [3.8, 4) is 0 Å². The van der Waals surface area contributed by atoms with Crippen molar-refractivity contribution in [1.29, 1.82) is 0 Å². The van der Waals surface area contributed by atoms with E-state index >= 15 is 0 Å². The number of nitrogens with zero attached hydrogens (tertiary/aromatic N) is 1. The summed E-state index contributed by atoms with van der Waals surface area (Å²) in [5, 5.41) is 8.76. The van der Waals surface area contributed by atoms with Crippen molar-refractivity contribution in [1.82, 2.24) is 4.90 Å². The summed E-state index contributed by atoms with van der Waals surface area (Å²) in [6.45, 7) is 1.64. The minimum atomic E-state index is -0.817. The molecule has 0 unspecified atom stereocenters. The van der Waals surface area contributed by atoms with Crippen LogP contribution >= 0.6 is 0 Å². The van der Waals surface area contributed by atoms with E-state index in [1.807, 2.05) is 4.90 Å². The van der Waals surface area contributed by atoms with Crippen LogP contribution in [0.3, 0.4) is 0 Å². The molecule has 0 aromatic carbocycles. The van der Waals surface area contributed by atoms with Gasteiger partial charge in [0.25, 0.3) is 0 Å². The van der Waals surface area contributed by atoms with Crippen LogP contribution in [0.25, 0.3) is 0 Å². The summed E-state index contributed by atoms with van der Waals surface area (Å²) in [5.41, 5.74) is 0. The number of likely N-dealkylation sites (tertiary alicyclic amines) is 1. The van der Waals surface area contributed by atoms with Gasteiger partial charge in [0.15, 0.2) is 0 Å². The highest BCUT2D eigenvalue weighted by molar-refractivity contribution is 5.89. The molecule has 0 bridgehead atoms. The lowest BCUT2D eigenvalue weighted by Gasteiger charge is -2.20. The quantitative estimate of drug-likeness (QED) is 0.744. The number of carboxylic acid groups (broad SMARTS) is 1. The normalized spacial score (nSPS) is 30.8. The van der Waals surface area contributed by atoms with Gasteiger partial charge in [-0.2, -0.15) is 0 Å². The highest BCUT2D eigenvalue weighted by Gasteiger charge is 2.49. The number of carbonyl (C=O) groups is 2. The monoisotopic (exact) mass is 211 g/mol. The molecule has 2 rings (SSSR count). The standard InChI is InChI=1S/C11H17NO3/c13-10(8-7-9(8)11(14)15)12-5-3-1-2-4-6-12/h8-9H,1-7H2,(H,14,15)/t8-,9+/m1/s1. The lowest BCUT2D eigenvalue weighted by molar-refractivity contribution is -0.142. The molecular formula is C11H17NO3. The molecule has 4 nitrogen and oxygen atoms in total. The second-order valence-corrected chi connectivity index (χ2v) is 4.53. The lowest BCUT2D eigenvalue weighted by Crippen LogP contribution is -2.33. The van der Waals surface area contributed by atoms with Crippen molar-refractivity contribution in [2.24, 2.45) is 11.8 Å². The van der Waals surface area contributed by atoms with E-state index in [9.17, 15) is 9.59 Å². The molecule has 84 valence electrons. The van der Waals surface area contributed by atoms with Crippen LogP contribution in [0.5, 0.6) is 0 Å². The molecule has 0 spiro atoms. The molecule has 2 aliphatic rings. The maximum atomic E-state index is 11.9. The van der Waals surface area contributed by atoms with Gasteiger partial charge in [0.05, 0.1) is 11.8 Å². The second-order valence-electron chi connectivity index (χ2n) is 4.53. The fraction of sp³-hybridized carbons (Fsp3) is 0.818. The minimum Gasteiger partial charge on any atom is -0.481 e. The fourth-order valence-electron chi connectivity index (χ4n) is 2.27. The lowest BCUT2D eigenvalue weighted by atomic mass is 10.2. The average molecular weight is 211 g/mol. The highest BCUT2D eigenvalue weighted by atomic mass is 16.4. The Morgan fingerprint density at radius 1 is 1.00 bits per heavy atom. The van der Waals surface area contributed by atoms with Crippen molar-refractivity contribution in [2.75, 3.05) is 13.1 Å². The Balaban J connectivity index is 1.88. The molecule has 0 aromatic heterocycles. The number of hydrogen-bond donors (Lipinski definition) is 1. The van der Waals surface area contributed by atoms with Gasteiger partial charge >= 0.3 is 5.97 Å². The summed E-state index contributed by atoms with van der Waals surface area (Å²) in [7, 11) is 0. The van der Waals surface area contributed by atoms with E-state index in [0.717, 1.165) is 25.9 Å². The van der Waals surface area contributed by atoms with Crippen molar-refractivity contribution in [3.05, 3.63) is 0 Å². The third-order valence-corrected chi connectivity index (χ3v) is 3.34. The van der Waals surface area contributed by atoms with E-state index in [4.69, 9.17) is 5.11 Å². The number of carbonyl (C=O) groups excluding carboxylic acids is 1. The van der Waals surface area contributed by atoms with E-state index in [1.54, 1.807) is 0 Å². The first kappa shape index (κ1) is 10.5. The zero-order chi connectivity index (χ0) is 10.8. The van der Waals surface area contributed by atoms with Gasteiger partial charge in [-0.05, 0) is 19.3 Å². The van der Waals surface area contributed by atoms with Crippen LogP contribution in [0.1, 0.15) is 32.1 Å². The van der Waals surface area contributed by atoms with Gasteiger partial charge < -0.3 is 10.0 Å². The van der Waals surface area contributed by atoms with Crippen LogP contribution in [0, 0.1) is 11.8 Å². The first-order valence-corrected chi connectivity index (χ1v) is 5.72. The van der Waals surface area contributed by atoms with Crippen LogP contribution in [0.4, 0.5) is 0 Å². The summed E-state index contributed by atoms with van der Waals surface area (Å²) >= 11 is 0. The van der Waals surface area contributed by atoms with Crippen LogP contribution < -0.4 is 0 Å². The highest BCUT2D eigenvalue weighted by Crippen LogP contribution is 2.40. The van der Waals surface area contributed by atoms with Gasteiger partial charge in [-0.1, -0.05) is 12.8 Å². The topological polar surface area (TPSA) is 57.6 Å². The number of aliphatic carboxylic acids is 1. The van der Waals surface area contributed by atoms with Crippen LogP contribution in [0.15, 0.2) is 0 Å². The Morgan fingerprint density at radius 3 is 2.07 bits per heavy atom. The van der Waals surface area contributed by atoms with Crippen molar-refractivity contribution < 1.29 is 14.7 Å². The number of amides is 1. The molecule has 1 aliphatic carbocycles. The fourth-order valence-corrected chi connectivity index (χ4v) is 2.27. The van der Waals surface area contributed by atoms with E-state index in [2.05, 4.69) is 0 Å². The molecule has 2 fully saturated rings. The summed E-state index contributed by atoms with van der Waals surface area (Å²) in [5.74, 6) is -1.37. The second kappa shape index (κ2) is 4.21. The smallest absolute Gasteiger partial charge is 0.307 e. The Kier molecular flexibility index (Phi) is 2.93. The van der Waals surface area contributed by atoms with Crippen molar-refractivity contribution >= 4 is 11.9 Å². The molecule has 1 N–H and O–H groups in total. The maximum absolute atomic E-state index is 11.9. The van der Waals surface area contributed by atoms with E-state index in [1.165, 1.54) is 12.8 Å². The van der Waals surface area contributed by atoms with Crippen LogP contribution in [-0.4, -0.2) is 35.0 Å². The molecule has 0 radical (unpaired) electrons. The van der Waals surface area contributed by atoms with Crippen molar-refractivity contribution in [2.45, 2.75) is 32.1 Å². The molecule has 1 heterocycles. The third kappa shape index (κ3) is 2.30. The molecule has 2 atom stereocenters. The maximum Gasteiger partial charge on any atom is 0.307 e. The summed E-state index contributed by atoms with van der Waals surface area (Å²) < 4.78 is 0. The van der Waals surface area contributed by atoms with Gasteiger partial charge in [-0.15, -0.1) is 0 Å². The van der Waals surface area contributed by atoms with E-state index in [-0.39, 0.29) is 11.8 Å².